The predicted octanol–water partition coefficient (Wildman–Crippen LogP) is 4.58. The van der Waals surface area contributed by atoms with Gasteiger partial charge in [-0.05, 0) is 63.8 Å². The van der Waals surface area contributed by atoms with E-state index in [1.54, 1.807) is 6.92 Å². The van der Waals surface area contributed by atoms with Gasteiger partial charge < -0.3 is 20.4 Å². The molecule has 1 aliphatic heterocycles. The Hall–Kier alpha value is -2.53. The molecule has 29 heavy (non-hydrogen) atoms. The minimum absolute atomic E-state index is 0.141. The van der Waals surface area contributed by atoms with Crippen molar-refractivity contribution < 1.29 is 9.53 Å². The number of ketones is 1. The number of benzene rings is 1. The lowest BCUT2D eigenvalue weighted by molar-refractivity contribution is 0.0838. The number of Topliss-reactive ketones (excluding diaryl/α,β-unsaturated/α-hetero) is 1. The first kappa shape index (κ1) is 21.2. The third-order valence-corrected chi connectivity index (χ3v) is 5.80. The molecule has 0 unspecified atom stereocenters. The largest absolute Gasteiger partial charge is 0.490 e. The second-order valence-electron chi connectivity index (χ2n) is 8.16. The number of H-pyrrole nitrogens is 1. The number of allylic oxidation sites excluding steroid dienone is 3. The topological polar surface area (TPSA) is 71.3 Å². The van der Waals surface area contributed by atoms with E-state index in [0.717, 1.165) is 54.6 Å². The van der Waals surface area contributed by atoms with E-state index in [0.29, 0.717) is 23.0 Å². The van der Waals surface area contributed by atoms with E-state index in [1.807, 2.05) is 6.07 Å². The predicted molar refractivity (Wildman–Crippen MR) is 119 cm³/mol. The second kappa shape index (κ2) is 8.87. The lowest BCUT2D eigenvalue weighted by atomic mass is 10.0. The molecule has 2 aromatic rings. The smallest absolute Gasteiger partial charge is 0.210 e. The van der Waals surface area contributed by atoms with Gasteiger partial charge in [-0.15, -0.1) is 0 Å². The van der Waals surface area contributed by atoms with Gasteiger partial charge in [-0.3, -0.25) is 4.79 Å². The van der Waals surface area contributed by atoms with Crippen molar-refractivity contribution in [1.29, 1.82) is 0 Å². The van der Waals surface area contributed by atoms with Crippen molar-refractivity contribution in [2.75, 3.05) is 13.1 Å². The van der Waals surface area contributed by atoms with Gasteiger partial charge >= 0.3 is 0 Å². The number of carbonyl (C=O) groups excluding carboxylic acids is 1. The minimum atomic E-state index is -0.141. The zero-order chi connectivity index (χ0) is 21.1. The van der Waals surface area contributed by atoms with E-state index in [4.69, 9.17) is 10.5 Å². The summed E-state index contributed by atoms with van der Waals surface area (Å²) in [5.74, 6) is 0.785. The number of aromatic nitrogens is 1. The fourth-order valence-corrected chi connectivity index (χ4v) is 3.98. The van der Waals surface area contributed by atoms with E-state index < -0.39 is 0 Å². The van der Waals surface area contributed by atoms with Crippen LogP contribution in [0, 0.1) is 0 Å². The highest BCUT2D eigenvalue weighted by Gasteiger charge is 2.23. The maximum atomic E-state index is 12.8. The van der Waals surface area contributed by atoms with Crippen LogP contribution in [0.2, 0.25) is 0 Å². The summed E-state index contributed by atoms with van der Waals surface area (Å²) in [4.78, 5) is 18.5. The number of aryl methyl sites for hydroxylation is 1. The third-order valence-electron chi connectivity index (χ3n) is 5.80. The Bertz CT molecular complexity index is 927. The molecule has 5 nitrogen and oxygen atoms in total. The zero-order valence-corrected chi connectivity index (χ0v) is 18.0. The number of hydrogen-bond donors (Lipinski definition) is 2. The molecule has 1 fully saturated rings. The molecule has 3 rings (SSSR count). The monoisotopic (exact) mass is 395 g/mol. The Morgan fingerprint density at radius 2 is 2.03 bits per heavy atom. The third kappa shape index (κ3) is 4.56. The van der Waals surface area contributed by atoms with Crippen LogP contribution in [0.5, 0.6) is 5.75 Å². The first-order valence-corrected chi connectivity index (χ1v) is 10.5. The molecule has 2 heterocycles. The van der Waals surface area contributed by atoms with Crippen LogP contribution in [-0.2, 0) is 6.42 Å². The van der Waals surface area contributed by atoms with Gasteiger partial charge in [0.05, 0.1) is 5.69 Å². The number of hydrogen-bond acceptors (Lipinski definition) is 4. The number of ether oxygens (including phenoxy) is 1. The van der Waals surface area contributed by atoms with E-state index in [1.165, 1.54) is 6.08 Å². The number of nitrogens with zero attached hydrogens (tertiary/aromatic N) is 1. The molecule has 0 saturated carbocycles. The van der Waals surface area contributed by atoms with Crippen LogP contribution in [-0.4, -0.2) is 40.9 Å². The van der Waals surface area contributed by atoms with Gasteiger partial charge in [-0.2, -0.15) is 0 Å². The number of aromatic amines is 1. The van der Waals surface area contributed by atoms with Gasteiger partial charge in [0.1, 0.15) is 11.9 Å². The Morgan fingerprint density at radius 1 is 1.34 bits per heavy atom. The molecule has 1 aromatic carbocycles. The van der Waals surface area contributed by atoms with E-state index in [-0.39, 0.29) is 11.9 Å². The molecule has 0 amide bonds. The summed E-state index contributed by atoms with van der Waals surface area (Å²) in [6.07, 6.45) is 4.71. The normalized spacial score (nSPS) is 16.9. The van der Waals surface area contributed by atoms with Gasteiger partial charge in [-0.25, -0.2) is 0 Å². The molecule has 3 N–H and O–H groups in total. The van der Waals surface area contributed by atoms with Crippen molar-refractivity contribution in [3.63, 3.8) is 0 Å². The van der Waals surface area contributed by atoms with Crippen LogP contribution in [0.1, 0.15) is 56.6 Å². The molecule has 0 radical (unpaired) electrons. The molecule has 5 heteroatoms. The summed E-state index contributed by atoms with van der Waals surface area (Å²) < 4.78 is 6.42. The zero-order valence-electron chi connectivity index (χ0n) is 18.0. The average Bonchev–Trinajstić information content (AvgIpc) is 3.10. The van der Waals surface area contributed by atoms with Gasteiger partial charge in [0.15, 0.2) is 0 Å². The molecular formula is C24H33N3O2. The summed E-state index contributed by atoms with van der Waals surface area (Å²) in [5, 5.41) is 0.971. The van der Waals surface area contributed by atoms with E-state index >= 15 is 0 Å². The maximum Gasteiger partial charge on any atom is 0.210 e. The SMILES string of the molecule is C=C/C(C(=O)c1cc2cc(OC3CCN(C(C)C)CC3)c(CC)cc2[nH]1)=C(\C)N. The van der Waals surface area contributed by atoms with Crippen molar-refractivity contribution >= 4 is 16.7 Å². The van der Waals surface area contributed by atoms with Gasteiger partial charge in [-0.1, -0.05) is 19.6 Å². The average molecular weight is 396 g/mol. The highest BCUT2D eigenvalue weighted by molar-refractivity contribution is 6.11. The number of nitrogens with one attached hydrogen (secondary N) is 1. The highest BCUT2D eigenvalue weighted by Crippen LogP contribution is 2.30. The second-order valence-corrected chi connectivity index (χ2v) is 8.16. The molecule has 0 bridgehead atoms. The fourth-order valence-electron chi connectivity index (χ4n) is 3.98. The molecule has 0 atom stereocenters. The first-order chi connectivity index (χ1) is 13.8. The first-order valence-electron chi connectivity index (χ1n) is 10.5. The van der Waals surface area contributed by atoms with Crippen LogP contribution in [0.4, 0.5) is 0 Å². The van der Waals surface area contributed by atoms with Crippen molar-refractivity contribution in [2.45, 2.75) is 59.1 Å². The van der Waals surface area contributed by atoms with E-state index in [2.05, 4.69) is 49.4 Å². The summed E-state index contributed by atoms with van der Waals surface area (Å²) >= 11 is 0. The van der Waals surface area contributed by atoms with Crippen molar-refractivity contribution in [2.24, 2.45) is 5.73 Å². The van der Waals surface area contributed by atoms with Gasteiger partial charge in [0.2, 0.25) is 5.78 Å². The molecule has 1 aliphatic rings. The lowest BCUT2D eigenvalue weighted by Gasteiger charge is -2.34. The summed E-state index contributed by atoms with van der Waals surface area (Å²) in [6, 6.07) is 6.61. The van der Waals surface area contributed by atoms with Crippen LogP contribution >= 0.6 is 0 Å². The summed E-state index contributed by atoms with van der Waals surface area (Å²) in [5.41, 5.74) is 9.34. The van der Waals surface area contributed by atoms with Crippen LogP contribution < -0.4 is 10.5 Å². The van der Waals surface area contributed by atoms with Crippen LogP contribution in [0.3, 0.4) is 0 Å². The number of nitrogens with two attached hydrogens (primary N) is 1. The summed E-state index contributed by atoms with van der Waals surface area (Å²) in [7, 11) is 0. The maximum absolute atomic E-state index is 12.8. The van der Waals surface area contributed by atoms with Gasteiger partial charge in [0, 0.05) is 41.3 Å². The Morgan fingerprint density at radius 3 is 2.59 bits per heavy atom. The van der Waals surface area contributed by atoms with E-state index in [9.17, 15) is 4.79 Å². The fraction of sp³-hybridized carbons (Fsp3) is 0.458. The Labute approximate surface area is 173 Å². The number of piperidine rings is 1. The number of carbonyl (C=O) groups is 1. The molecule has 0 aliphatic carbocycles. The molecule has 0 spiro atoms. The van der Waals surface area contributed by atoms with Gasteiger partial charge in [0.25, 0.3) is 0 Å². The van der Waals surface area contributed by atoms with Crippen molar-refractivity contribution in [1.82, 2.24) is 9.88 Å². The quantitative estimate of drug-likeness (QED) is 0.409. The minimum Gasteiger partial charge on any atom is -0.490 e. The number of likely N-dealkylation sites (tertiary alicyclic amines) is 1. The standard InChI is InChI=1S/C24H33N3O2/c1-6-17-12-21-18(13-22(26-21)24(28)20(7-2)16(5)25)14-23(17)29-19-8-10-27(11-9-19)15(3)4/h7,12-15,19,26H,2,6,8-11,25H2,1,3-5H3/b20-16-. The number of fused-ring (bicyclic) bond motifs is 1. The highest BCUT2D eigenvalue weighted by atomic mass is 16.5. The molecule has 156 valence electrons. The van der Waals surface area contributed by atoms with Crippen molar-refractivity contribution in [3.8, 4) is 5.75 Å². The van der Waals surface area contributed by atoms with Crippen LogP contribution in [0.25, 0.3) is 10.9 Å². The van der Waals surface area contributed by atoms with Crippen molar-refractivity contribution in [3.05, 3.63) is 53.4 Å². The lowest BCUT2D eigenvalue weighted by Crippen LogP contribution is -2.41. The molecule has 1 saturated heterocycles. The molecular weight excluding hydrogens is 362 g/mol. The Balaban J connectivity index is 1.85. The Kier molecular flexibility index (Phi) is 6.48. The molecule has 1 aromatic heterocycles. The number of rotatable bonds is 7. The van der Waals surface area contributed by atoms with Crippen LogP contribution in [0.15, 0.2) is 42.1 Å². The summed E-state index contributed by atoms with van der Waals surface area (Å²) in [6.45, 7) is 14.2.